The Morgan fingerprint density at radius 3 is 2.38 bits per heavy atom. The molecule has 1 aliphatic carbocycles. The first kappa shape index (κ1) is 10.5. The van der Waals surface area contributed by atoms with E-state index in [9.17, 15) is 9.90 Å². The number of hydrogen-bond donors (Lipinski definition) is 2. The Bertz CT molecular complexity index is 222. The molecule has 3 nitrogen and oxygen atoms in total. The van der Waals surface area contributed by atoms with Crippen LogP contribution in [0.15, 0.2) is 0 Å². The minimum absolute atomic E-state index is 0.0820. The van der Waals surface area contributed by atoms with E-state index in [0.29, 0.717) is 6.42 Å². The minimum atomic E-state index is -1.04. The quantitative estimate of drug-likeness (QED) is 0.689. The number of hydrogen-bond acceptors (Lipinski definition) is 2. The molecule has 0 radical (unpaired) electrons. The second kappa shape index (κ2) is 2.98. The number of carboxylic acid groups (broad SMARTS) is 1. The molecule has 0 aromatic carbocycles. The van der Waals surface area contributed by atoms with Crippen LogP contribution in [0.4, 0.5) is 0 Å². The summed E-state index contributed by atoms with van der Waals surface area (Å²) in [6.45, 7) is 5.14. The molecule has 1 rings (SSSR count). The van der Waals surface area contributed by atoms with Gasteiger partial charge in [0.2, 0.25) is 0 Å². The van der Waals surface area contributed by atoms with E-state index in [-0.39, 0.29) is 5.92 Å². The van der Waals surface area contributed by atoms with Crippen LogP contribution < -0.4 is 0 Å². The second-order valence-corrected chi connectivity index (χ2v) is 4.65. The summed E-state index contributed by atoms with van der Waals surface area (Å²) in [5.74, 6) is -0.831. The highest BCUT2D eigenvalue weighted by atomic mass is 16.4. The molecular formula is C10H18O3. The van der Waals surface area contributed by atoms with E-state index >= 15 is 0 Å². The molecule has 1 fully saturated rings. The minimum Gasteiger partial charge on any atom is -0.481 e. The highest BCUT2D eigenvalue weighted by Crippen LogP contribution is 2.47. The highest BCUT2D eigenvalue weighted by molar-refractivity contribution is 5.75. The smallest absolute Gasteiger partial charge is 0.312 e. The average molecular weight is 186 g/mol. The zero-order valence-electron chi connectivity index (χ0n) is 8.50. The van der Waals surface area contributed by atoms with Crippen molar-refractivity contribution in [2.45, 2.75) is 45.6 Å². The van der Waals surface area contributed by atoms with E-state index in [1.165, 1.54) is 0 Å². The van der Waals surface area contributed by atoms with Gasteiger partial charge in [0, 0.05) is 0 Å². The van der Waals surface area contributed by atoms with E-state index in [1.807, 2.05) is 6.92 Å². The van der Waals surface area contributed by atoms with Crippen molar-refractivity contribution in [3.8, 4) is 0 Å². The summed E-state index contributed by atoms with van der Waals surface area (Å²) in [6.07, 6.45) is 2.45. The number of aliphatic hydroxyl groups is 1. The van der Waals surface area contributed by atoms with Crippen LogP contribution in [0.25, 0.3) is 0 Å². The van der Waals surface area contributed by atoms with Crippen LogP contribution in [0, 0.1) is 11.3 Å². The summed E-state index contributed by atoms with van der Waals surface area (Å²) in [7, 11) is 0. The molecule has 0 spiro atoms. The molecule has 1 aliphatic rings. The molecule has 0 aliphatic heterocycles. The zero-order valence-corrected chi connectivity index (χ0v) is 8.50. The Labute approximate surface area is 78.8 Å². The Balaban J connectivity index is 2.97. The van der Waals surface area contributed by atoms with Crippen LogP contribution in [0.1, 0.15) is 40.0 Å². The standard InChI is InChI=1S/C10H18O3/c1-7-5-4-6-10(7,13)9(2,3)8(11)12/h7,13H,4-6H2,1-3H3,(H,11,12). The fraction of sp³-hybridized carbons (Fsp3) is 0.900. The molecule has 76 valence electrons. The molecule has 0 aromatic heterocycles. The van der Waals surface area contributed by atoms with Crippen LogP contribution in [-0.2, 0) is 4.79 Å². The van der Waals surface area contributed by atoms with E-state index in [4.69, 9.17) is 5.11 Å². The molecule has 0 amide bonds. The van der Waals surface area contributed by atoms with Crippen molar-refractivity contribution in [1.82, 2.24) is 0 Å². The summed E-state index contributed by atoms with van der Waals surface area (Å²) >= 11 is 0. The van der Waals surface area contributed by atoms with Gasteiger partial charge in [-0.3, -0.25) is 4.79 Å². The lowest BCUT2D eigenvalue weighted by atomic mass is 9.69. The summed E-state index contributed by atoms with van der Waals surface area (Å²) < 4.78 is 0. The normalized spacial score (nSPS) is 34.9. The van der Waals surface area contributed by atoms with Crippen LogP contribution in [-0.4, -0.2) is 21.8 Å². The van der Waals surface area contributed by atoms with Gasteiger partial charge in [-0.2, -0.15) is 0 Å². The maximum atomic E-state index is 11.0. The third kappa shape index (κ3) is 1.35. The molecule has 0 saturated heterocycles. The third-order valence-corrected chi connectivity index (χ3v) is 3.63. The monoisotopic (exact) mass is 186 g/mol. The van der Waals surface area contributed by atoms with E-state index in [2.05, 4.69) is 0 Å². The first-order chi connectivity index (χ1) is 5.82. The summed E-state index contributed by atoms with van der Waals surface area (Å²) in [4.78, 5) is 11.0. The highest BCUT2D eigenvalue weighted by Gasteiger charge is 2.54. The predicted octanol–water partition coefficient (Wildman–Crippen LogP) is 1.65. The van der Waals surface area contributed by atoms with Gasteiger partial charge in [0.25, 0.3) is 0 Å². The van der Waals surface area contributed by atoms with Gasteiger partial charge in [0.1, 0.15) is 0 Å². The maximum absolute atomic E-state index is 11.0. The largest absolute Gasteiger partial charge is 0.481 e. The van der Waals surface area contributed by atoms with Crippen molar-refractivity contribution in [3.63, 3.8) is 0 Å². The number of aliphatic carboxylic acids is 1. The lowest BCUT2D eigenvalue weighted by Gasteiger charge is -2.39. The van der Waals surface area contributed by atoms with Gasteiger partial charge in [0.15, 0.2) is 0 Å². The molecule has 2 unspecified atom stereocenters. The van der Waals surface area contributed by atoms with Crippen LogP contribution in [0.2, 0.25) is 0 Å². The maximum Gasteiger partial charge on any atom is 0.312 e. The molecule has 0 heterocycles. The molecule has 1 saturated carbocycles. The Morgan fingerprint density at radius 1 is 1.54 bits per heavy atom. The van der Waals surface area contributed by atoms with E-state index in [0.717, 1.165) is 12.8 Å². The Kier molecular flexibility index (Phi) is 2.41. The summed E-state index contributed by atoms with van der Waals surface area (Å²) in [5, 5.41) is 19.3. The predicted molar refractivity (Wildman–Crippen MR) is 49.4 cm³/mol. The van der Waals surface area contributed by atoms with Crippen molar-refractivity contribution >= 4 is 5.97 Å². The van der Waals surface area contributed by atoms with Gasteiger partial charge in [-0.1, -0.05) is 13.3 Å². The number of rotatable bonds is 2. The molecule has 2 N–H and O–H groups in total. The van der Waals surface area contributed by atoms with Crippen LogP contribution in [0.3, 0.4) is 0 Å². The summed E-state index contributed by atoms with van der Waals surface area (Å²) in [6, 6.07) is 0. The van der Waals surface area contributed by atoms with Gasteiger partial charge in [-0.15, -0.1) is 0 Å². The SMILES string of the molecule is CC1CCCC1(O)C(C)(C)C(=O)O. The second-order valence-electron chi connectivity index (χ2n) is 4.65. The molecule has 2 atom stereocenters. The Hall–Kier alpha value is -0.570. The first-order valence-electron chi connectivity index (χ1n) is 4.78. The van der Waals surface area contributed by atoms with E-state index in [1.54, 1.807) is 13.8 Å². The lowest BCUT2D eigenvalue weighted by Crippen LogP contribution is -2.51. The van der Waals surface area contributed by atoms with Gasteiger partial charge >= 0.3 is 5.97 Å². The summed E-state index contributed by atoms with van der Waals surface area (Å²) in [5.41, 5.74) is -2.07. The zero-order chi connectivity index (χ0) is 10.3. The molecule has 0 bridgehead atoms. The average Bonchev–Trinajstić information content (AvgIpc) is 2.33. The fourth-order valence-corrected chi connectivity index (χ4v) is 2.28. The van der Waals surface area contributed by atoms with Crippen molar-refractivity contribution in [3.05, 3.63) is 0 Å². The lowest BCUT2D eigenvalue weighted by molar-refractivity contribution is -0.169. The van der Waals surface area contributed by atoms with E-state index < -0.39 is 17.0 Å². The van der Waals surface area contributed by atoms with Crippen molar-refractivity contribution < 1.29 is 15.0 Å². The fourth-order valence-electron chi connectivity index (χ4n) is 2.28. The Morgan fingerprint density at radius 2 is 2.08 bits per heavy atom. The van der Waals surface area contributed by atoms with Crippen molar-refractivity contribution in [2.75, 3.05) is 0 Å². The topological polar surface area (TPSA) is 57.5 Å². The molecule has 0 aromatic rings. The number of carboxylic acids is 1. The van der Waals surface area contributed by atoms with Gasteiger partial charge in [-0.25, -0.2) is 0 Å². The molecular weight excluding hydrogens is 168 g/mol. The molecule has 3 heteroatoms. The first-order valence-corrected chi connectivity index (χ1v) is 4.78. The van der Waals surface area contributed by atoms with Gasteiger partial charge in [0.05, 0.1) is 11.0 Å². The van der Waals surface area contributed by atoms with Gasteiger partial charge < -0.3 is 10.2 Å². The van der Waals surface area contributed by atoms with Gasteiger partial charge in [-0.05, 0) is 32.6 Å². The molecule has 13 heavy (non-hydrogen) atoms. The third-order valence-electron chi connectivity index (χ3n) is 3.63. The van der Waals surface area contributed by atoms with Crippen LogP contribution >= 0.6 is 0 Å². The van der Waals surface area contributed by atoms with Crippen LogP contribution in [0.5, 0.6) is 0 Å². The van der Waals surface area contributed by atoms with Crippen molar-refractivity contribution in [2.24, 2.45) is 11.3 Å². The number of carbonyl (C=O) groups is 1. The van der Waals surface area contributed by atoms with Crippen molar-refractivity contribution in [1.29, 1.82) is 0 Å².